The number of carbonyl (C=O) groups excluding carboxylic acids is 2. The van der Waals surface area contributed by atoms with Gasteiger partial charge in [0.15, 0.2) is 0 Å². The van der Waals surface area contributed by atoms with E-state index in [2.05, 4.69) is 4.98 Å². The van der Waals surface area contributed by atoms with Gasteiger partial charge in [0.2, 0.25) is 0 Å². The summed E-state index contributed by atoms with van der Waals surface area (Å²) in [7, 11) is 1.31. The van der Waals surface area contributed by atoms with E-state index in [1.165, 1.54) is 7.11 Å². The first-order valence-corrected chi connectivity index (χ1v) is 8.90. The van der Waals surface area contributed by atoms with E-state index < -0.39 is 11.9 Å². The van der Waals surface area contributed by atoms with Crippen LogP contribution in [0.2, 0.25) is 0 Å². The second kappa shape index (κ2) is 8.99. The van der Waals surface area contributed by atoms with Crippen LogP contribution in [0.15, 0.2) is 54.6 Å². The highest BCUT2D eigenvalue weighted by atomic mass is 16.5. The summed E-state index contributed by atoms with van der Waals surface area (Å²) >= 11 is 0. The van der Waals surface area contributed by atoms with E-state index in [1.807, 2.05) is 61.5 Å². The highest BCUT2D eigenvalue weighted by molar-refractivity contribution is 5.98. The normalized spacial score (nSPS) is 10.5. The SMILES string of the molecule is COC(=O)c1c(COC(=O)CCOc2ccccc2)nc2ccccc2c1C. The van der Waals surface area contributed by atoms with Crippen molar-refractivity contribution in [3.8, 4) is 5.75 Å². The van der Waals surface area contributed by atoms with Crippen LogP contribution in [-0.2, 0) is 20.9 Å². The topological polar surface area (TPSA) is 74.7 Å². The Morgan fingerprint density at radius 3 is 2.46 bits per heavy atom. The maximum absolute atomic E-state index is 12.2. The first kappa shape index (κ1) is 19.4. The molecule has 3 rings (SSSR count). The van der Waals surface area contributed by atoms with Gasteiger partial charge >= 0.3 is 11.9 Å². The van der Waals surface area contributed by atoms with Gasteiger partial charge in [0, 0.05) is 5.39 Å². The molecule has 6 heteroatoms. The Morgan fingerprint density at radius 1 is 1.00 bits per heavy atom. The molecule has 0 fully saturated rings. The third kappa shape index (κ3) is 4.46. The number of aromatic nitrogens is 1. The zero-order valence-electron chi connectivity index (χ0n) is 15.8. The molecule has 2 aromatic carbocycles. The van der Waals surface area contributed by atoms with Gasteiger partial charge < -0.3 is 14.2 Å². The smallest absolute Gasteiger partial charge is 0.340 e. The van der Waals surface area contributed by atoms with E-state index in [1.54, 1.807) is 0 Å². The van der Waals surface area contributed by atoms with Gasteiger partial charge in [0.1, 0.15) is 12.4 Å². The second-order valence-corrected chi connectivity index (χ2v) is 6.14. The lowest BCUT2D eigenvalue weighted by molar-refractivity contribution is -0.145. The van der Waals surface area contributed by atoms with E-state index in [-0.39, 0.29) is 19.6 Å². The minimum absolute atomic E-state index is 0.0923. The molecule has 1 aromatic heterocycles. The third-order valence-corrected chi connectivity index (χ3v) is 4.30. The minimum atomic E-state index is -0.505. The molecule has 28 heavy (non-hydrogen) atoms. The number of nitrogens with zero attached hydrogens (tertiary/aromatic N) is 1. The average molecular weight is 379 g/mol. The molecule has 0 saturated carbocycles. The molecule has 144 valence electrons. The van der Waals surface area contributed by atoms with Crippen molar-refractivity contribution in [2.45, 2.75) is 20.0 Å². The number of para-hydroxylation sites is 2. The van der Waals surface area contributed by atoms with Gasteiger partial charge in [-0.05, 0) is 30.7 Å². The fourth-order valence-corrected chi connectivity index (χ4v) is 2.91. The lowest BCUT2D eigenvalue weighted by Crippen LogP contribution is -2.15. The first-order valence-electron chi connectivity index (χ1n) is 8.90. The number of ether oxygens (including phenoxy) is 3. The monoisotopic (exact) mass is 379 g/mol. The van der Waals surface area contributed by atoms with Crippen molar-refractivity contribution in [2.24, 2.45) is 0 Å². The predicted octanol–water partition coefficient (Wildman–Crippen LogP) is 3.84. The molecular formula is C22H21NO5. The Labute approximate surface area is 163 Å². The number of esters is 2. The molecular weight excluding hydrogens is 358 g/mol. The number of rotatable bonds is 7. The number of hydrogen-bond donors (Lipinski definition) is 0. The van der Waals surface area contributed by atoms with Crippen LogP contribution >= 0.6 is 0 Å². The van der Waals surface area contributed by atoms with E-state index in [9.17, 15) is 9.59 Å². The molecule has 0 bridgehead atoms. The summed E-state index contributed by atoms with van der Waals surface area (Å²) in [5, 5.41) is 0.856. The summed E-state index contributed by atoms with van der Waals surface area (Å²) in [6, 6.07) is 16.7. The Balaban J connectivity index is 1.69. The summed E-state index contributed by atoms with van der Waals surface area (Å²) < 4.78 is 15.7. The quantitative estimate of drug-likeness (QED) is 0.581. The van der Waals surface area contributed by atoms with Gasteiger partial charge in [0.05, 0.1) is 36.9 Å². The van der Waals surface area contributed by atoms with Crippen molar-refractivity contribution in [2.75, 3.05) is 13.7 Å². The molecule has 0 aliphatic heterocycles. The van der Waals surface area contributed by atoms with E-state index >= 15 is 0 Å². The second-order valence-electron chi connectivity index (χ2n) is 6.14. The van der Waals surface area contributed by atoms with Gasteiger partial charge in [-0.25, -0.2) is 9.78 Å². The largest absolute Gasteiger partial charge is 0.493 e. The molecule has 0 aliphatic rings. The summed E-state index contributed by atoms with van der Waals surface area (Å²) in [4.78, 5) is 28.8. The highest BCUT2D eigenvalue weighted by Gasteiger charge is 2.20. The van der Waals surface area contributed by atoms with Crippen molar-refractivity contribution < 1.29 is 23.8 Å². The van der Waals surface area contributed by atoms with Crippen molar-refractivity contribution in [3.05, 3.63) is 71.4 Å². The van der Waals surface area contributed by atoms with Crippen molar-refractivity contribution in [1.29, 1.82) is 0 Å². The van der Waals surface area contributed by atoms with Crippen LogP contribution < -0.4 is 4.74 Å². The van der Waals surface area contributed by atoms with Crippen LogP contribution in [0.4, 0.5) is 0 Å². The molecule has 0 atom stereocenters. The van der Waals surface area contributed by atoms with Crippen LogP contribution in [0.5, 0.6) is 5.75 Å². The number of hydrogen-bond acceptors (Lipinski definition) is 6. The standard InChI is InChI=1S/C22H21NO5/c1-15-17-10-6-7-11-18(17)23-19(21(15)22(25)26-2)14-28-20(24)12-13-27-16-8-4-3-5-9-16/h3-11H,12-14H2,1-2H3. The molecule has 0 aliphatic carbocycles. The summed E-state index contributed by atoms with van der Waals surface area (Å²) in [6.07, 6.45) is 0.0923. The van der Waals surface area contributed by atoms with Crippen molar-refractivity contribution >= 4 is 22.8 Å². The summed E-state index contributed by atoms with van der Waals surface area (Å²) in [5.41, 5.74) is 2.18. The molecule has 0 spiro atoms. The zero-order valence-corrected chi connectivity index (χ0v) is 15.8. The lowest BCUT2D eigenvalue weighted by atomic mass is 10.0. The van der Waals surface area contributed by atoms with Gasteiger partial charge in [-0.3, -0.25) is 4.79 Å². The van der Waals surface area contributed by atoms with Crippen LogP contribution in [0.1, 0.15) is 28.0 Å². The van der Waals surface area contributed by atoms with Gasteiger partial charge in [-0.1, -0.05) is 36.4 Å². The van der Waals surface area contributed by atoms with E-state index in [0.29, 0.717) is 17.0 Å². The van der Waals surface area contributed by atoms with E-state index in [4.69, 9.17) is 14.2 Å². The zero-order chi connectivity index (χ0) is 19.9. The maximum atomic E-state index is 12.2. The van der Waals surface area contributed by atoms with E-state index in [0.717, 1.165) is 16.5 Å². The third-order valence-electron chi connectivity index (χ3n) is 4.30. The van der Waals surface area contributed by atoms with Crippen LogP contribution in [0.3, 0.4) is 0 Å². The number of fused-ring (bicyclic) bond motifs is 1. The Bertz CT molecular complexity index is 985. The average Bonchev–Trinajstić information content (AvgIpc) is 2.72. The van der Waals surface area contributed by atoms with Crippen LogP contribution in [0.25, 0.3) is 10.9 Å². The summed E-state index contributed by atoms with van der Waals surface area (Å²) in [6.45, 7) is 1.92. The van der Waals surface area contributed by atoms with Gasteiger partial charge in [0.25, 0.3) is 0 Å². The maximum Gasteiger partial charge on any atom is 0.340 e. The van der Waals surface area contributed by atoms with Gasteiger partial charge in [-0.2, -0.15) is 0 Å². The van der Waals surface area contributed by atoms with Crippen molar-refractivity contribution in [1.82, 2.24) is 4.98 Å². The molecule has 3 aromatic rings. The number of pyridine rings is 1. The van der Waals surface area contributed by atoms with Gasteiger partial charge in [-0.15, -0.1) is 0 Å². The van der Waals surface area contributed by atoms with Crippen LogP contribution in [-0.4, -0.2) is 30.6 Å². The molecule has 0 saturated heterocycles. The summed E-state index contributed by atoms with van der Waals surface area (Å²) in [5.74, 6) is -0.247. The molecule has 1 heterocycles. The molecule has 0 N–H and O–H groups in total. The Kier molecular flexibility index (Phi) is 6.22. The predicted molar refractivity (Wildman–Crippen MR) is 104 cm³/mol. The number of carbonyl (C=O) groups is 2. The molecule has 6 nitrogen and oxygen atoms in total. The molecule has 0 amide bonds. The number of benzene rings is 2. The molecule has 0 radical (unpaired) electrons. The number of aryl methyl sites for hydroxylation is 1. The lowest BCUT2D eigenvalue weighted by Gasteiger charge is -2.13. The fraction of sp³-hybridized carbons (Fsp3) is 0.227. The first-order chi connectivity index (χ1) is 13.6. The Hall–Kier alpha value is -3.41. The minimum Gasteiger partial charge on any atom is -0.493 e. The molecule has 0 unspecified atom stereocenters. The Morgan fingerprint density at radius 2 is 1.71 bits per heavy atom. The van der Waals surface area contributed by atoms with Crippen LogP contribution in [0, 0.1) is 6.92 Å². The fourth-order valence-electron chi connectivity index (χ4n) is 2.91. The number of methoxy groups -OCH3 is 1. The highest BCUT2D eigenvalue weighted by Crippen LogP contribution is 2.24. The van der Waals surface area contributed by atoms with Crippen molar-refractivity contribution in [3.63, 3.8) is 0 Å².